The maximum absolute atomic E-state index is 11.9. The van der Waals surface area contributed by atoms with Crippen LogP contribution in [0, 0.1) is 5.92 Å². The van der Waals surface area contributed by atoms with Gasteiger partial charge in [-0.15, -0.1) is 10.2 Å². The number of carbonyl (C=O) groups excluding carboxylic acids is 1. The van der Waals surface area contributed by atoms with E-state index >= 15 is 0 Å². The van der Waals surface area contributed by atoms with Crippen molar-refractivity contribution in [2.24, 2.45) is 5.92 Å². The molecule has 18 heavy (non-hydrogen) atoms. The number of carbonyl (C=O) groups is 1. The van der Waals surface area contributed by atoms with E-state index in [1.54, 1.807) is 18.2 Å². The number of aromatic nitrogens is 4. The summed E-state index contributed by atoms with van der Waals surface area (Å²) in [6.45, 7) is 4.76. The van der Waals surface area contributed by atoms with Crippen LogP contribution >= 0.6 is 0 Å². The Balaban J connectivity index is 2.15. The molecule has 1 aromatic heterocycles. The van der Waals surface area contributed by atoms with Crippen molar-refractivity contribution in [2.45, 2.75) is 13.8 Å². The largest absolute Gasteiger partial charge is 0.352 e. The predicted molar refractivity (Wildman–Crippen MR) is 66.8 cm³/mol. The first-order valence-corrected chi connectivity index (χ1v) is 5.79. The molecule has 2 aromatic rings. The number of amides is 1. The normalized spacial score (nSPS) is 10.6. The van der Waals surface area contributed by atoms with Crippen molar-refractivity contribution in [1.82, 2.24) is 25.9 Å². The molecule has 6 nitrogen and oxygen atoms in total. The zero-order valence-electron chi connectivity index (χ0n) is 10.3. The monoisotopic (exact) mass is 245 g/mol. The number of benzene rings is 1. The van der Waals surface area contributed by atoms with Gasteiger partial charge in [0.1, 0.15) is 0 Å². The summed E-state index contributed by atoms with van der Waals surface area (Å²) in [5.74, 6) is 0.817. The second kappa shape index (κ2) is 5.39. The molecule has 0 aliphatic heterocycles. The Kier molecular flexibility index (Phi) is 3.66. The Morgan fingerprint density at radius 2 is 2.28 bits per heavy atom. The van der Waals surface area contributed by atoms with E-state index in [4.69, 9.17) is 0 Å². The van der Waals surface area contributed by atoms with Gasteiger partial charge in [-0.25, -0.2) is 0 Å². The number of hydrogen-bond acceptors (Lipinski definition) is 4. The fourth-order valence-electron chi connectivity index (χ4n) is 1.48. The molecule has 1 amide bonds. The van der Waals surface area contributed by atoms with Gasteiger partial charge in [0.2, 0.25) is 5.82 Å². The Morgan fingerprint density at radius 1 is 1.44 bits per heavy atom. The molecule has 0 saturated carbocycles. The van der Waals surface area contributed by atoms with Crippen LogP contribution in [0.25, 0.3) is 11.4 Å². The van der Waals surface area contributed by atoms with Crippen LogP contribution in [0.3, 0.4) is 0 Å². The zero-order chi connectivity index (χ0) is 13.0. The third kappa shape index (κ3) is 2.91. The van der Waals surface area contributed by atoms with Gasteiger partial charge < -0.3 is 5.32 Å². The summed E-state index contributed by atoms with van der Waals surface area (Å²) in [6.07, 6.45) is 0. The molecule has 0 spiro atoms. The van der Waals surface area contributed by atoms with Crippen LogP contribution in [-0.2, 0) is 0 Å². The summed E-state index contributed by atoms with van der Waals surface area (Å²) in [7, 11) is 0. The smallest absolute Gasteiger partial charge is 0.251 e. The second-order valence-corrected chi connectivity index (χ2v) is 4.42. The lowest BCUT2D eigenvalue weighted by Crippen LogP contribution is -2.27. The summed E-state index contributed by atoms with van der Waals surface area (Å²) in [6, 6.07) is 7.15. The highest BCUT2D eigenvalue weighted by Crippen LogP contribution is 2.14. The minimum Gasteiger partial charge on any atom is -0.352 e. The number of nitrogens with one attached hydrogen (secondary N) is 2. The first kappa shape index (κ1) is 12.2. The van der Waals surface area contributed by atoms with Crippen molar-refractivity contribution < 1.29 is 4.79 Å². The number of nitrogens with zero attached hydrogens (tertiary/aromatic N) is 3. The molecule has 6 heteroatoms. The van der Waals surface area contributed by atoms with Gasteiger partial charge in [0.15, 0.2) is 0 Å². The van der Waals surface area contributed by atoms with E-state index < -0.39 is 0 Å². The average molecular weight is 245 g/mol. The van der Waals surface area contributed by atoms with Crippen LogP contribution in [0.2, 0.25) is 0 Å². The summed E-state index contributed by atoms with van der Waals surface area (Å²) in [4.78, 5) is 11.9. The van der Waals surface area contributed by atoms with E-state index in [1.807, 2.05) is 6.07 Å². The molecule has 0 aliphatic rings. The van der Waals surface area contributed by atoms with Crippen LogP contribution in [0.15, 0.2) is 24.3 Å². The van der Waals surface area contributed by atoms with Gasteiger partial charge in [-0.1, -0.05) is 26.0 Å². The van der Waals surface area contributed by atoms with Gasteiger partial charge in [0.05, 0.1) is 0 Å². The number of aromatic amines is 1. The van der Waals surface area contributed by atoms with Crippen LogP contribution < -0.4 is 5.32 Å². The number of tetrazole rings is 1. The first-order chi connectivity index (χ1) is 8.66. The molecule has 0 bridgehead atoms. The van der Waals surface area contributed by atoms with Gasteiger partial charge in [-0.05, 0) is 23.3 Å². The molecule has 94 valence electrons. The molecular weight excluding hydrogens is 230 g/mol. The van der Waals surface area contributed by atoms with Gasteiger partial charge in [0, 0.05) is 17.7 Å². The lowest BCUT2D eigenvalue weighted by molar-refractivity contribution is 0.0949. The van der Waals surface area contributed by atoms with E-state index in [2.05, 4.69) is 39.8 Å². The highest BCUT2D eigenvalue weighted by molar-refractivity contribution is 5.95. The summed E-state index contributed by atoms with van der Waals surface area (Å²) < 4.78 is 0. The summed E-state index contributed by atoms with van der Waals surface area (Å²) >= 11 is 0. The van der Waals surface area contributed by atoms with Crippen LogP contribution in [0.5, 0.6) is 0 Å². The first-order valence-electron chi connectivity index (χ1n) is 5.79. The Hall–Kier alpha value is -2.24. The quantitative estimate of drug-likeness (QED) is 0.849. The molecule has 0 fully saturated rings. The highest BCUT2D eigenvalue weighted by atomic mass is 16.1. The van der Waals surface area contributed by atoms with Gasteiger partial charge in [0.25, 0.3) is 5.91 Å². The molecule has 1 aromatic carbocycles. The molecule has 0 saturated heterocycles. The Morgan fingerprint density at radius 3 is 2.94 bits per heavy atom. The van der Waals surface area contributed by atoms with Gasteiger partial charge >= 0.3 is 0 Å². The Bertz CT molecular complexity index is 521. The fraction of sp³-hybridized carbons (Fsp3) is 0.333. The Labute approximate surface area is 105 Å². The summed E-state index contributed by atoms with van der Waals surface area (Å²) in [5, 5.41) is 16.5. The van der Waals surface area contributed by atoms with Crippen molar-refractivity contribution in [3.05, 3.63) is 29.8 Å². The molecule has 0 unspecified atom stereocenters. The zero-order valence-corrected chi connectivity index (χ0v) is 10.3. The minimum absolute atomic E-state index is 0.0888. The van der Waals surface area contributed by atoms with Crippen molar-refractivity contribution in [2.75, 3.05) is 6.54 Å². The van der Waals surface area contributed by atoms with Crippen molar-refractivity contribution in [3.8, 4) is 11.4 Å². The van der Waals surface area contributed by atoms with E-state index in [1.165, 1.54) is 0 Å². The third-order valence-electron chi connectivity index (χ3n) is 2.40. The molecule has 0 radical (unpaired) electrons. The molecule has 0 atom stereocenters. The third-order valence-corrected chi connectivity index (χ3v) is 2.40. The van der Waals surface area contributed by atoms with E-state index in [0.717, 1.165) is 5.56 Å². The second-order valence-electron chi connectivity index (χ2n) is 4.42. The van der Waals surface area contributed by atoms with E-state index in [0.29, 0.717) is 23.9 Å². The van der Waals surface area contributed by atoms with Crippen molar-refractivity contribution in [1.29, 1.82) is 0 Å². The number of H-pyrrole nitrogens is 1. The van der Waals surface area contributed by atoms with E-state index in [-0.39, 0.29) is 5.91 Å². The van der Waals surface area contributed by atoms with Crippen LogP contribution in [-0.4, -0.2) is 33.1 Å². The molecule has 0 aliphatic carbocycles. The van der Waals surface area contributed by atoms with Crippen molar-refractivity contribution >= 4 is 5.91 Å². The highest BCUT2D eigenvalue weighted by Gasteiger charge is 2.09. The van der Waals surface area contributed by atoms with Crippen LogP contribution in [0.4, 0.5) is 0 Å². The summed E-state index contributed by atoms with van der Waals surface area (Å²) in [5.41, 5.74) is 1.36. The topological polar surface area (TPSA) is 83.6 Å². The van der Waals surface area contributed by atoms with E-state index in [9.17, 15) is 4.79 Å². The standard InChI is InChI=1S/C12H15N5O/c1-8(2)7-13-12(18)10-5-3-4-9(6-10)11-14-16-17-15-11/h3-6,8H,7H2,1-2H3,(H,13,18)(H,14,15,16,17). The van der Waals surface area contributed by atoms with Crippen LogP contribution in [0.1, 0.15) is 24.2 Å². The molecule has 2 N–H and O–H groups in total. The lowest BCUT2D eigenvalue weighted by Gasteiger charge is -2.07. The van der Waals surface area contributed by atoms with Crippen molar-refractivity contribution in [3.63, 3.8) is 0 Å². The minimum atomic E-state index is -0.0888. The van der Waals surface area contributed by atoms with Gasteiger partial charge in [-0.3, -0.25) is 4.79 Å². The van der Waals surface area contributed by atoms with Gasteiger partial charge in [-0.2, -0.15) is 5.21 Å². The maximum atomic E-state index is 11.9. The SMILES string of the molecule is CC(C)CNC(=O)c1cccc(-c2nn[nH]n2)c1. The fourth-order valence-corrected chi connectivity index (χ4v) is 1.48. The molecular formula is C12H15N5O. The molecule has 1 heterocycles. The predicted octanol–water partition coefficient (Wildman–Crippen LogP) is 1.25. The number of rotatable bonds is 4. The number of hydrogen-bond donors (Lipinski definition) is 2. The lowest BCUT2D eigenvalue weighted by atomic mass is 10.1. The molecule has 2 rings (SSSR count). The maximum Gasteiger partial charge on any atom is 0.251 e. The average Bonchev–Trinajstić information content (AvgIpc) is 2.90.